The fourth-order valence-corrected chi connectivity index (χ4v) is 2.39. The highest BCUT2D eigenvalue weighted by molar-refractivity contribution is 5.58. The van der Waals surface area contributed by atoms with E-state index in [0.29, 0.717) is 0 Å². The van der Waals surface area contributed by atoms with Crippen LogP contribution in [0.4, 0.5) is 0 Å². The lowest BCUT2D eigenvalue weighted by atomic mass is 10.1. The molecule has 1 aliphatic rings. The van der Waals surface area contributed by atoms with Crippen molar-refractivity contribution < 1.29 is 4.42 Å². The summed E-state index contributed by atoms with van der Waals surface area (Å²) in [6, 6.07) is 12.5. The van der Waals surface area contributed by atoms with Crippen molar-refractivity contribution in [2.24, 2.45) is 0 Å². The Labute approximate surface area is 107 Å². The first-order valence-electron chi connectivity index (χ1n) is 6.48. The lowest BCUT2D eigenvalue weighted by Crippen LogP contribution is -2.42. The van der Waals surface area contributed by atoms with Gasteiger partial charge < -0.3 is 9.73 Å². The van der Waals surface area contributed by atoms with Gasteiger partial charge in [-0.3, -0.25) is 4.90 Å². The summed E-state index contributed by atoms with van der Waals surface area (Å²) in [5.41, 5.74) is 2.51. The van der Waals surface area contributed by atoms with Crippen LogP contribution in [0.2, 0.25) is 0 Å². The summed E-state index contributed by atoms with van der Waals surface area (Å²) in [4.78, 5) is 2.48. The second-order valence-corrected chi connectivity index (χ2v) is 4.70. The molecule has 1 saturated heterocycles. The minimum absolute atomic E-state index is 0.942. The number of hydrogen-bond acceptors (Lipinski definition) is 3. The highest BCUT2D eigenvalue weighted by atomic mass is 16.3. The normalized spacial score (nSPS) is 16.9. The number of nitrogens with zero attached hydrogens (tertiary/aromatic N) is 1. The first-order valence-corrected chi connectivity index (χ1v) is 6.48. The van der Waals surface area contributed by atoms with Gasteiger partial charge in [0, 0.05) is 38.3 Å². The van der Waals surface area contributed by atoms with E-state index in [9.17, 15) is 0 Å². The van der Waals surface area contributed by atoms with E-state index in [-0.39, 0.29) is 0 Å². The Bertz CT molecular complexity index is 487. The molecule has 1 aliphatic heterocycles. The predicted octanol–water partition coefficient (Wildman–Crippen LogP) is 2.35. The van der Waals surface area contributed by atoms with Gasteiger partial charge in [-0.15, -0.1) is 0 Å². The molecule has 0 radical (unpaired) electrons. The molecule has 18 heavy (non-hydrogen) atoms. The molecular formula is C15H18N2O. The van der Waals surface area contributed by atoms with Crippen molar-refractivity contribution in [3.05, 3.63) is 48.2 Å². The first-order chi connectivity index (χ1) is 8.92. The van der Waals surface area contributed by atoms with Crippen LogP contribution in [-0.4, -0.2) is 31.1 Å². The van der Waals surface area contributed by atoms with Gasteiger partial charge in [0.25, 0.3) is 0 Å². The molecule has 3 heteroatoms. The monoisotopic (exact) mass is 242 g/mol. The van der Waals surface area contributed by atoms with Crippen LogP contribution < -0.4 is 5.32 Å². The van der Waals surface area contributed by atoms with Gasteiger partial charge in [0.15, 0.2) is 0 Å². The zero-order valence-electron chi connectivity index (χ0n) is 10.4. The lowest BCUT2D eigenvalue weighted by molar-refractivity contribution is 0.233. The fourth-order valence-electron chi connectivity index (χ4n) is 2.39. The Hall–Kier alpha value is -1.58. The third kappa shape index (κ3) is 2.63. The average Bonchev–Trinajstić information content (AvgIpc) is 2.94. The van der Waals surface area contributed by atoms with Crippen molar-refractivity contribution in [3.8, 4) is 11.3 Å². The number of nitrogens with one attached hydrogen (secondary N) is 1. The molecule has 1 N–H and O–H groups in total. The SMILES string of the molecule is c1cc(CN2CCNCC2)cc(-c2ccco2)c1. The van der Waals surface area contributed by atoms with E-state index < -0.39 is 0 Å². The van der Waals surface area contributed by atoms with E-state index in [1.165, 1.54) is 5.56 Å². The second-order valence-electron chi connectivity index (χ2n) is 4.70. The maximum absolute atomic E-state index is 5.44. The summed E-state index contributed by atoms with van der Waals surface area (Å²) < 4.78 is 5.44. The van der Waals surface area contributed by atoms with Gasteiger partial charge >= 0.3 is 0 Å². The minimum Gasteiger partial charge on any atom is -0.464 e. The van der Waals surface area contributed by atoms with Crippen LogP contribution in [-0.2, 0) is 6.54 Å². The Kier molecular flexibility index (Phi) is 3.44. The smallest absolute Gasteiger partial charge is 0.133 e. The van der Waals surface area contributed by atoms with Crippen LogP contribution >= 0.6 is 0 Å². The van der Waals surface area contributed by atoms with Crippen LogP contribution in [0.25, 0.3) is 11.3 Å². The molecule has 0 spiro atoms. The number of hydrogen-bond donors (Lipinski definition) is 1. The largest absolute Gasteiger partial charge is 0.464 e. The molecule has 0 atom stereocenters. The Morgan fingerprint density at radius 2 is 2.00 bits per heavy atom. The summed E-state index contributed by atoms with van der Waals surface area (Å²) in [5, 5.41) is 3.38. The lowest BCUT2D eigenvalue weighted by Gasteiger charge is -2.27. The summed E-state index contributed by atoms with van der Waals surface area (Å²) >= 11 is 0. The molecule has 0 amide bonds. The van der Waals surface area contributed by atoms with Crippen molar-refractivity contribution in [1.82, 2.24) is 10.2 Å². The number of rotatable bonds is 3. The van der Waals surface area contributed by atoms with E-state index in [0.717, 1.165) is 44.0 Å². The highest BCUT2D eigenvalue weighted by Gasteiger charge is 2.10. The summed E-state index contributed by atoms with van der Waals surface area (Å²) in [7, 11) is 0. The van der Waals surface area contributed by atoms with Gasteiger partial charge in [-0.2, -0.15) is 0 Å². The number of piperazine rings is 1. The van der Waals surface area contributed by atoms with Crippen molar-refractivity contribution in [3.63, 3.8) is 0 Å². The standard InChI is InChI=1S/C15H18N2O/c1-3-13(12-17-8-6-16-7-9-17)11-14(4-1)15-5-2-10-18-15/h1-5,10-11,16H,6-9,12H2. The molecule has 1 fully saturated rings. The topological polar surface area (TPSA) is 28.4 Å². The fraction of sp³-hybridized carbons (Fsp3) is 0.333. The molecule has 2 aromatic rings. The van der Waals surface area contributed by atoms with Gasteiger partial charge in [-0.1, -0.05) is 18.2 Å². The van der Waals surface area contributed by atoms with E-state index in [2.05, 4.69) is 34.5 Å². The van der Waals surface area contributed by atoms with Crippen LogP contribution in [0.15, 0.2) is 47.1 Å². The highest BCUT2D eigenvalue weighted by Crippen LogP contribution is 2.21. The molecule has 94 valence electrons. The predicted molar refractivity (Wildman–Crippen MR) is 72.3 cm³/mol. The minimum atomic E-state index is 0.942. The molecule has 0 saturated carbocycles. The molecule has 0 unspecified atom stereocenters. The van der Waals surface area contributed by atoms with Gasteiger partial charge in [0.05, 0.1) is 6.26 Å². The van der Waals surface area contributed by atoms with E-state index in [1.54, 1.807) is 6.26 Å². The van der Waals surface area contributed by atoms with Crippen molar-refractivity contribution in [2.75, 3.05) is 26.2 Å². The maximum Gasteiger partial charge on any atom is 0.133 e. The van der Waals surface area contributed by atoms with Crippen LogP contribution in [0, 0.1) is 0 Å². The number of benzene rings is 1. The Balaban J connectivity index is 1.74. The molecule has 3 rings (SSSR count). The zero-order valence-corrected chi connectivity index (χ0v) is 10.4. The van der Waals surface area contributed by atoms with Crippen molar-refractivity contribution >= 4 is 0 Å². The molecule has 2 heterocycles. The van der Waals surface area contributed by atoms with Gasteiger partial charge in [0.2, 0.25) is 0 Å². The molecule has 0 bridgehead atoms. The third-order valence-electron chi connectivity index (χ3n) is 3.35. The van der Waals surface area contributed by atoms with Gasteiger partial charge in [0.1, 0.15) is 5.76 Å². The van der Waals surface area contributed by atoms with Gasteiger partial charge in [-0.25, -0.2) is 0 Å². The van der Waals surface area contributed by atoms with Crippen LogP contribution in [0.5, 0.6) is 0 Å². The number of furan rings is 1. The maximum atomic E-state index is 5.44. The second kappa shape index (κ2) is 5.38. The van der Waals surface area contributed by atoms with Crippen LogP contribution in [0.1, 0.15) is 5.56 Å². The Morgan fingerprint density at radius 3 is 2.78 bits per heavy atom. The first kappa shape index (κ1) is 11.5. The van der Waals surface area contributed by atoms with Crippen molar-refractivity contribution in [1.29, 1.82) is 0 Å². The molecule has 0 aliphatic carbocycles. The molecule has 3 nitrogen and oxygen atoms in total. The summed E-state index contributed by atoms with van der Waals surface area (Å²) in [5.74, 6) is 0.942. The molecule has 1 aromatic carbocycles. The molecule has 1 aromatic heterocycles. The Morgan fingerprint density at radius 1 is 1.11 bits per heavy atom. The average molecular weight is 242 g/mol. The third-order valence-corrected chi connectivity index (χ3v) is 3.35. The summed E-state index contributed by atoms with van der Waals surface area (Å²) in [6.45, 7) is 5.47. The summed E-state index contributed by atoms with van der Waals surface area (Å²) in [6.07, 6.45) is 1.72. The quantitative estimate of drug-likeness (QED) is 0.895. The van der Waals surface area contributed by atoms with E-state index in [4.69, 9.17) is 4.42 Å². The molecular weight excluding hydrogens is 224 g/mol. The van der Waals surface area contributed by atoms with E-state index >= 15 is 0 Å². The zero-order chi connectivity index (χ0) is 12.2. The van der Waals surface area contributed by atoms with E-state index in [1.807, 2.05) is 12.1 Å². The van der Waals surface area contributed by atoms with Crippen LogP contribution in [0.3, 0.4) is 0 Å². The van der Waals surface area contributed by atoms with Crippen molar-refractivity contribution in [2.45, 2.75) is 6.54 Å². The van der Waals surface area contributed by atoms with Gasteiger partial charge in [-0.05, 0) is 23.8 Å².